The van der Waals surface area contributed by atoms with Gasteiger partial charge in [0.2, 0.25) is 0 Å². The lowest BCUT2D eigenvalue weighted by molar-refractivity contribution is 0.372. The molecule has 0 aromatic carbocycles. The molecule has 0 amide bonds. The van der Waals surface area contributed by atoms with Gasteiger partial charge in [0.05, 0.1) is 6.54 Å². The minimum atomic E-state index is 0.682. The molecule has 0 bridgehead atoms. The number of hydrogen-bond donors (Lipinski definition) is 0. The van der Waals surface area contributed by atoms with Gasteiger partial charge in [-0.1, -0.05) is 12.1 Å². The molecule has 74 valence electrons. The predicted octanol–water partition coefficient (Wildman–Crippen LogP) is 2.24. The third kappa shape index (κ3) is 1.87. The first-order valence-corrected chi connectivity index (χ1v) is 5.20. The highest BCUT2D eigenvalue weighted by Crippen LogP contribution is 2.12. The molecule has 14 heavy (non-hydrogen) atoms. The highest BCUT2D eigenvalue weighted by molar-refractivity contribution is 9.10. The molecule has 0 saturated heterocycles. The maximum Gasteiger partial charge on any atom is 0.157 e. The van der Waals surface area contributed by atoms with E-state index in [1.165, 1.54) is 0 Å². The largest absolute Gasteiger partial charge is 0.358 e. The minimum absolute atomic E-state index is 0.682. The van der Waals surface area contributed by atoms with E-state index >= 15 is 0 Å². The van der Waals surface area contributed by atoms with Crippen LogP contribution in [-0.4, -0.2) is 14.7 Å². The van der Waals surface area contributed by atoms with Gasteiger partial charge in [0.25, 0.3) is 0 Å². The zero-order valence-corrected chi connectivity index (χ0v) is 9.36. The predicted molar refractivity (Wildman–Crippen MR) is 54.9 cm³/mol. The molecule has 2 heterocycles. The van der Waals surface area contributed by atoms with Crippen LogP contribution in [0.15, 0.2) is 27.6 Å². The fourth-order valence-electron chi connectivity index (χ4n) is 1.33. The molecule has 0 unspecified atom stereocenters. The van der Waals surface area contributed by atoms with Gasteiger partial charge in [-0.15, -0.1) is 0 Å². The van der Waals surface area contributed by atoms with Crippen molar-refractivity contribution in [1.29, 1.82) is 0 Å². The lowest BCUT2D eigenvalue weighted by Gasteiger charge is -2.01. The molecule has 0 N–H and O–H groups in total. The zero-order valence-electron chi connectivity index (χ0n) is 7.77. The van der Waals surface area contributed by atoms with Crippen molar-refractivity contribution in [3.63, 3.8) is 0 Å². The summed E-state index contributed by atoms with van der Waals surface area (Å²) in [5, 5.41) is 3.76. The van der Waals surface area contributed by atoms with Crippen molar-refractivity contribution in [2.75, 3.05) is 0 Å². The second-order valence-electron chi connectivity index (χ2n) is 2.94. The van der Waals surface area contributed by atoms with E-state index in [2.05, 4.69) is 33.0 Å². The third-order valence-electron chi connectivity index (χ3n) is 1.97. The van der Waals surface area contributed by atoms with Crippen molar-refractivity contribution >= 4 is 15.9 Å². The van der Waals surface area contributed by atoms with Crippen molar-refractivity contribution in [1.82, 2.24) is 14.7 Å². The van der Waals surface area contributed by atoms with E-state index in [4.69, 9.17) is 4.52 Å². The van der Waals surface area contributed by atoms with Gasteiger partial charge >= 0.3 is 0 Å². The summed E-state index contributed by atoms with van der Waals surface area (Å²) >= 11 is 3.24. The van der Waals surface area contributed by atoms with E-state index in [9.17, 15) is 0 Å². The quantitative estimate of drug-likeness (QED) is 0.845. The fourth-order valence-corrected chi connectivity index (χ4v) is 1.66. The smallest absolute Gasteiger partial charge is 0.157 e. The van der Waals surface area contributed by atoms with E-state index < -0.39 is 0 Å². The molecule has 5 heteroatoms. The zero-order chi connectivity index (χ0) is 9.97. The highest BCUT2D eigenvalue weighted by Gasteiger charge is 2.05. The van der Waals surface area contributed by atoms with Gasteiger partial charge in [-0.3, -0.25) is 0 Å². The van der Waals surface area contributed by atoms with Crippen LogP contribution in [0, 0.1) is 0 Å². The Bertz CT molecular complexity index is 421. The molecular weight excluding hydrogens is 246 g/mol. The summed E-state index contributed by atoms with van der Waals surface area (Å²) < 4.78 is 7.87. The lowest BCUT2D eigenvalue weighted by atomic mass is 10.4. The number of nitrogens with zero attached hydrogens (tertiary/aromatic N) is 3. The van der Waals surface area contributed by atoms with E-state index in [1.54, 1.807) is 6.20 Å². The summed E-state index contributed by atoms with van der Waals surface area (Å²) in [6.45, 7) is 2.76. The molecule has 0 aliphatic rings. The van der Waals surface area contributed by atoms with Crippen molar-refractivity contribution < 1.29 is 4.52 Å². The summed E-state index contributed by atoms with van der Waals surface area (Å²) in [5.74, 6) is 1.88. The number of imidazole rings is 1. The van der Waals surface area contributed by atoms with Crippen LogP contribution in [0.3, 0.4) is 0 Å². The van der Waals surface area contributed by atoms with Gasteiger partial charge in [-0.25, -0.2) is 4.98 Å². The van der Waals surface area contributed by atoms with Gasteiger partial charge in [0.1, 0.15) is 10.4 Å². The van der Waals surface area contributed by atoms with Gasteiger partial charge in [0, 0.05) is 24.9 Å². The standard InChI is InChI=1S/C9H10BrN3O/c1-2-9-11-3-4-13(9)6-7-5-8(10)12-14-7/h3-5H,2,6H2,1H3. The summed E-state index contributed by atoms with van der Waals surface area (Å²) in [5.41, 5.74) is 0. The van der Waals surface area contributed by atoms with E-state index in [0.717, 1.165) is 22.6 Å². The number of aromatic nitrogens is 3. The first kappa shape index (κ1) is 9.45. The Balaban J connectivity index is 2.18. The molecule has 2 rings (SSSR count). The molecule has 0 saturated carbocycles. The third-order valence-corrected chi connectivity index (χ3v) is 2.35. The van der Waals surface area contributed by atoms with Crippen molar-refractivity contribution in [3.05, 3.63) is 34.6 Å². The van der Waals surface area contributed by atoms with Crippen LogP contribution in [0.1, 0.15) is 18.5 Å². The van der Waals surface area contributed by atoms with Gasteiger partial charge in [0.15, 0.2) is 5.76 Å². The van der Waals surface area contributed by atoms with Crippen LogP contribution in [0.4, 0.5) is 0 Å². The van der Waals surface area contributed by atoms with Crippen LogP contribution in [-0.2, 0) is 13.0 Å². The Morgan fingerprint density at radius 1 is 1.57 bits per heavy atom. The Kier molecular flexibility index (Phi) is 2.67. The first-order valence-electron chi connectivity index (χ1n) is 4.40. The van der Waals surface area contributed by atoms with Gasteiger partial charge < -0.3 is 9.09 Å². The summed E-state index contributed by atoms with van der Waals surface area (Å²) in [4.78, 5) is 4.23. The summed E-state index contributed by atoms with van der Waals surface area (Å²) in [7, 11) is 0. The minimum Gasteiger partial charge on any atom is -0.358 e. The Hall–Kier alpha value is -1.10. The number of halogens is 1. The van der Waals surface area contributed by atoms with Gasteiger partial charge in [-0.05, 0) is 15.9 Å². The monoisotopic (exact) mass is 255 g/mol. The maximum absolute atomic E-state index is 5.09. The molecule has 4 nitrogen and oxygen atoms in total. The van der Waals surface area contributed by atoms with Crippen LogP contribution < -0.4 is 0 Å². The van der Waals surface area contributed by atoms with Crippen molar-refractivity contribution in [2.45, 2.75) is 19.9 Å². The second kappa shape index (κ2) is 3.96. The fraction of sp³-hybridized carbons (Fsp3) is 0.333. The molecular formula is C9H10BrN3O. The number of aryl methyl sites for hydroxylation is 1. The lowest BCUT2D eigenvalue weighted by Crippen LogP contribution is -2.02. The first-order chi connectivity index (χ1) is 6.79. The Morgan fingerprint density at radius 3 is 3.07 bits per heavy atom. The average Bonchev–Trinajstić information content (AvgIpc) is 2.76. The Labute approximate surface area is 90.1 Å². The van der Waals surface area contributed by atoms with Crippen LogP contribution in [0.5, 0.6) is 0 Å². The van der Waals surface area contributed by atoms with Crippen molar-refractivity contribution in [2.24, 2.45) is 0 Å². The topological polar surface area (TPSA) is 43.9 Å². The molecule has 0 fully saturated rings. The SMILES string of the molecule is CCc1nccn1Cc1cc(Br)no1. The number of rotatable bonds is 3. The molecule has 0 aliphatic carbocycles. The normalized spacial score (nSPS) is 10.7. The van der Waals surface area contributed by atoms with E-state index in [-0.39, 0.29) is 0 Å². The van der Waals surface area contributed by atoms with Gasteiger partial charge in [-0.2, -0.15) is 0 Å². The van der Waals surface area contributed by atoms with E-state index in [0.29, 0.717) is 6.54 Å². The molecule has 0 spiro atoms. The molecule has 0 aliphatic heterocycles. The van der Waals surface area contributed by atoms with Crippen LogP contribution in [0.2, 0.25) is 0 Å². The Morgan fingerprint density at radius 2 is 2.43 bits per heavy atom. The molecule has 2 aromatic rings. The van der Waals surface area contributed by atoms with Crippen LogP contribution >= 0.6 is 15.9 Å². The highest BCUT2D eigenvalue weighted by atomic mass is 79.9. The number of hydrogen-bond acceptors (Lipinski definition) is 3. The maximum atomic E-state index is 5.09. The van der Waals surface area contributed by atoms with Crippen molar-refractivity contribution in [3.8, 4) is 0 Å². The molecule has 0 atom stereocenters. The molecule has 0 radical (unpaired) electrons. The second-order valence-corrected chi connectivity index (χ2v) is 3.75. The average molecular weight is 256 g/mol. The summed E-state index contributed by atoms with van der Waals surface area (Å²) in [6.07, 6.45) is 4.65. The van der Waals surface area contributed by atoms with E-state index in [1.807, 2.05) is 16.8 Å². The molecule has 2 aromatic heterocycles. The van der Waals surface area contributed by atoms with Crippen LogP contribution in [0.25, 0.3) is 0 Å². The summed E-state index contributed by atoms with van der Waals surface area (Å²) in [6, 6.07) is 1.86.